The monoisotopic (exact) mass is 315 g/mol. The molecule has 0 spiro atoms. The molecular formula is C12H11F2N3O3S. The molecule has 0 saturated carbocycles. The Morgan fingerprint density at radius 2 is 1.90 bits per heavy atom. The number of anilines is 1. The number of hydrogen-bond acceptors (Lipinski definition) is 5. The van der Waals surface area contributed by atoms with E-state index in [2.05, 4.69) is 9.97 Å². The molecule has 21 heavy (non-hydrogen) atoms. The first kappa shape index (κ1) is 15.1. The van der Waals surface area contributed by atoms with Crippen LogP contribution in [0.1, 0.15) is 5.56 Å². The summed E-state index contributed by atoms with van der Waals surface area (Å²) in [5.74, 6) is -1.80. The Balaban J connectivity index is 2.10. The van der Waals surface area contributed by atoms with E-state index in [1.54, 1.807) is 0 Å². The van der Waals surface area contributed by atoms with E-state index in [9.17, 15) is 17.2 Å². The van der Waals surface area contributed by atoms with Crippen LogP contribution < -0.4 is 9.46 Å². The highest BCUT2D eigenvalue weighted by Crippen LogP contribution is 2.15. The summed E-state index contributed by atoms with van der Waals surface area (Å²) in [6.07, 6.45) is 1.66. The van der Waals surface area contributed by atoms with E-state index in [1.165, 1.54) is 24.3 Å². The molecule has 0 radical (unpaired) electrons. The molecule has 0 unspecified atom stereocenters. The van der Waals surface area contributed by atoms with Crippen LogP contribution in [-0.4, -0.2) is 24.6 Å². The molecule has 2 aromatic rings. The smallest absolute Gasteiger partial charge is 0.318 e. The summed E-state index contributed by atoms with van der Waals surface area (Å²) in [4.78, 5) is 7.20. The number of sulfonamides is 1. The molecule has 6 nitrogen and oxygen atoms in total. The summed E-state index contributed by atoms with van der Waals surface area (Å²) in [7, 11) is -3.67. The molecule has 0 aliphatic heterocycles. The lowest BCUT2D eigenvalue weighted by Gasteiger charge is -2.07. The summed E-state index contributed by atoms with van der Waals surface area (Å²) in [6, 6.07) is 5.34. The summed E-state index contributed by atoms with van der Waals surface area (Å²) in [5, 5.41) is 0. The largest absolute Gasteiger partial charge is 0.459 e. The molecule has 0 fully saturated rings. The van der Waals surface area contributed by atoms with Crippen molar-refractivity contribution in [3.8, 4) is 6.01 Å². The fourth-order valence-electron chi connectivity index (χ4n) is 1.40. The minimum atomic E-state index is -3.67. The highest BCUT2D eigenvalue weighted by atomic mass is 32.2. The number of halogens is 2. The van der Waals surface area contributed by atoms with Crippen LogP contribution in [0.5, 0.6) is 6.01 Å². The Kier molecular flexibility index (Phi) is 4.32. The molecule has 0 atom stereocenters. The van der Waals surface area contributed by atoms with Gasteiger partial charge in [-0.15, -0.1) is 0 Å². The highest BCUT2D eigenvalue weighted by molar-refractivity contribution is 7.92. The van der Waals surface area contributed by atoms with Gasteiger partial charge in [-0.25, -0.2) is 22.2 Å². The van der Waals surface area contributed by atoms with Gasteiger partial charge in [0, 0.05) is 0 Å². The van der Waals surface area contributed by atoms with Crippen molar-refractivity contribution in [2.45, 2.75) is 6.61 Å². The van der Waals surface area contributed by atoms with E-state index >= 15 is 0 Å². The normalized spacial score (nSPS) is 11.2. The first-order valence-electron chi connectivity index (χ1n) is 5.71. The zero-order valence-electron chi connectivity index (χ0n) is 10.9. The number of ether oxygens (including phenoxy) is 1. The molecule has 0 aliphatic carbocycles. The van der Waals surface area contributed by atoms with E-state index in [0.29, 0.717) is 5.56 Å². The lowest BCUT2D eigenvalue weighted by atomic mass is 10.2. The Morgan fingerprint density at radius 3 is 2.52 bits per heavy atom. The number of aromatic nitrogens is 2. The maximum absolute atomic E-state index is 13.4. The van der Waals surface area contributed by atoms with Crippen molar-refractivity contribution >= 4 is 15.8 Å². The van der Waals surface area contributed by atoms with Gasteiger partial charge < -0.3 is 4.74 Å². The third-order valence-corrected chi connectivity index (χ3v) is 2.85. The van der Waals surface area contributed by atoms with Crippen LogP contribution in [-0.2, 0) is 16.6 Å². The third kappa shape index (κ3) is 4.63. The molecule has 9 heteroatoms. The minimum Gasteiger partial charge on any atom is -0.459 e. The highest BCUT2D eigenvalue weighted by Gasteiger charge is 2.12. The Bertz CT molecular complexity index is 736. The van der Waals surface area contributed by atoms with Crippen LogP contribution in [0.25, 0.3) is 0 Å². The predicted molar refractivity (Wildman–Crippen MR) is 71.2 cm³/mol. The van der Waals surface area contributed by atoms with E-state index in [-0.39, 0.29) is 18.4 Å². The average molecular weight is 315 g/mol. The number of nitrogens with one attached hydrogen (secondary N) is 1. The second-order valence-electron chi connectivity index (χ2n) is 4.14. The lowest BCUT2D eigenvalue weighted by molar-refractivity contribution is 0.280. The maximum atomic E-state index is 13.4. The predicted octanol–water partition coefficient (Wildman–Crippen LogP) is 1.71. The second kappa shape index (κ2) is 6.00. The molecule has 0 aliphatic rings. The van der Waals surface area contributed by atoms with Gasteiger partial charge in [-0.3, -0.25) is 4.72 Å². The molecule has 2 rings (SSSR count). The molecule has 1 aromatic heterocycles. The topological polar surface area (TPSA) is 81.2 Å². The van der Waals surface area contributed by atoms with Gasteiger partial charge in [0.05, 0.1) is 12.5 Å². The average Bonchev–Trinajstić information content (AvgIpc) is 2.40. The van der Waals surface area contributed by atoms with Crippen molar-refractivity contribution in [1.82, 2.24) is 9.97 Å². The SMILES string of the molecule is CS(=O)(=O)Nc1nc(OCc2ccc(F)cc2)ncc1F. The summed E-state index contributed by atoms with van der Waals surface area (Å²) in [6.45, 7) is 0.0320. The van der Waals surface area contributed by atoms with Crippen LogP contribution in [0.2, 0.25) is 0 Å². The first-order chi connectivity index (χ1) is 9.83. The quantitative estimate of drug-likeness (QED) is 0.908. The molecule has 1 N–H and O–H groups in total. The molecule has 0 bridgehead atoms. The van der Waals surface area contributed by atoms with Crippen molar-refractivity contribution in [3.05, 3.63) is 47.7 Å². The number of nitrogens with zero attached hydrogens (tertiary/aromatic N) is 2. The zero-order chi connectivity index (χ0) is 15.5. The van der Waals surface area contributed by atoms with Gasteiger partial charge in [-0.1, -0.05) is 12.1 Å². The number of rotatable bonds is 5. The summed E-state index contributed by atoms with van der Waals surface area (Å²) in [5.41, 5.74) is 0.655. The first-order valence-corrected chi connectivity index (χ1v) is 7.60. The van der Waals surface area contributed by atoms with Crippen molar-refractivity contribution in [1.29, 1.82) is 0 Å². The second-order valence-corrected chi connectivity index (χ2v) is 5.89. The lowest BCUT2D eigenvalue weighted by Crippen LogP contribution is -2.13. The fourth-order valence-corrected chi connectivity index (χ4v) is 1.89. The van der Waals surface area contributed by atoms with Crippen LogP contribution in [0, 0.1) is 11.6 Å². The van der Waals surface area contributed by atoms with Crippen LogP contribution in [0.15, 0.2) is 30.5 Å². The van der Waals surface area contributed by atoms with Crippen molar-refractivity contribution < 1.29 is 21.9 Å². The van der Waals surface area contributed by atoms with Gasteiger partial charge in [-0.05, 0) is 17.7 Å². The molecule has 0 amide bonds. The molecule has 112 valence electrons. The molecule has 0 saturated heterocycles. The molecular weight excluding hydrogens is 304 g/mol. The summed E-state index contributed by atoms with van der Waals surface area (Å²) >= 11 is 0. The Labute approximate surface area is 119 Å². The zero-order valence-corrected chi connectivity index (χ0v) is 11.7. The van der Waals surface area contributed by atoms with Gasteiger partial charge in [0.2, 0.25) is 10.0 Å². The number of benzene rings is 1. The van der Waals surface area contributed by atoms with E-state index < -0.39 is 21.7 Å². The Morgan fingerprint density at radius 1 is 1.24 bits per heavy atom. The van der Waals surface area contributed by atoms with Crippen LogP contribution in [0.4, 0.5) is 14.6 Å². The molecule has 1 aromatic carbocycles. The van der Waals surface area contributed by atoms with Crippen LogP contribution >= 0.6 is 0 Å². The van der Waals surface area contributed by atoms with Crippen molar-refractivity contribution in [2.75, 3.05) is 11.0 Å². The van der Waals surface area contributed by atoms with Gasteiger partial charge in [0.1, 0.15) is 12.4 Å². The summed E-state index contributed by atoms with van der Waals surface area (Å²) < 4.78 is 55.3. The van der Waals surface area contributed by atoms with E-state index in [1.807, 2.05) is 4.72 Å². The Hall–Kier alpha value is -2.29. The maximum Gasteiger partial charge on any atom is 0.318 e. The standard InChI is InChI=1S/C12H11F2N3O3S/c1-21(18,19)17-11-10(14)6-15-12(16-11)20-7-8-2-4-9(13)5-3-8/h2-6H,7H2,1H3,(H,15,16,17). The number of hydrogen-bond donors (Lipinski definition) is 1. The van der Waals surface area contributed by atoms with E-state index in [4.69, 9.17) is 4.74 Å². The van der Waals surface area contributed by atoms with Crippen molar-refractivity contribution in [2.24, 2.45) is 0 Å². The van der Waals surface area contributed by atoms with Crippen LogP contribution in [0.3, 0.4) is 0 Å². The minimum absolute atomic E-state index is 0.0320. The van der Waals surface area contributed by atoms with Gasteiger partial charge in [0.25, 0.3) is 0 Å². The third-order valence-electron chi connectivity index (χ3n) is 2.29. The fraction of sp³-hybridized carbons (Fsp3) is 0.167. The van der Waals surface area contributed by atoms with Gasteiger partial charge in [0.15, 0.2) is 11.6 Å². The van der Waals surface area contributed by atoms with Gasteiger partial charge >= 0.3 is 6.01 Å². The van der Waals surface area contributed by atoms with E-state index in [0.717, 1.165) is 12.5 Å². The van der Waals surface area contributed by atoms with Gasteiger partial charge in [-0.2, -0.15) is 4.98 Å². The molecule has 1 heterocycles. The van der Waals surface area contributed by atoms with Crippen molar-refractivity contribution in [3.63, 3.8) is 0 Å².